The van der Waals surface area contributed by atoms with Crippen molar-refractivity contribution in [2.75, 3.05) is 25.6 Å². The highest BCUT2D eigenvalue weighted by atomic mass is 32.2. The molecular formula is C13H20N2OS. The van der Waals surface area contributed by atoms with Gasteiger partial charge >= 0.3 is 0 Å². The maximum atomic E-state index is 11.1. The molecular weight excluding hydrogens is 232 g/mol. The van der Waals surface area contributed by atoms with Crippen molar-refractivity contribution in [2.45, 2.75) is 13.0 Å². The van der Waals surface area contributed by atoms with Crippen LogP contribution in [0.1, 0.15) is 17.2 Å². The van der Waals surface area contributed by atoms with Crippen LogP contribution in [-0.2, 0) is 4.79 Å². The van der Waals surface area contributed by atoms with Gasteiger partial charge in [0, 0.05) is 18.8 Å². The molecule has 0 aliphatic rings. The fraction of sp³-hybridized carbons (Fsp3) is 0.462. The summed E-state index contributed by atoms with van der Waals surface area (Å²) in [5.41, 5.74) is 2.54. The van der Waals surface area contributed by atoms with E-state index in [1.165, 1.54) is 11.1 Å². The minimum Gasteiger partial charge on any atom is -0.358 e. The first-order valence-corrected chi connectivity index (χ1v) is 6.85. The third-order valence-corrected chi connectivity index (χ3v) is 3.62. The van der Waals surface area contributed by atoms with Gasteiger partial charge in [0.15, 0.2) is 0 Å². The van der Waals surface area contributed by atoms with Crippen molar-refractivity contribution in [3.05, 3.63) is 35.4 Å². The Balaban J connectivity index is 2.51. The molecule has 1 unspecified atom stereocenters. The van der Waals surface area contributed by atoms with Gasteiger partial charge in [0.2, 0.25) is 5.91 Å². The van der Waals surface area contributed by atoms with Gasteiger partial charge in [0.1, 0.15) is 0 Å². The lowest BCUT2D eigenvalue weighted by Crippen LogP contribution is -2.23. The molecule has 2 N–H and O–H groups in total. The van der Waals surface area contributed by atoms with Crippen molar-refractivity contribution in [3.63, 3.8) is 0 Å². The van der Waals surface area contributed by atoms with Crippen LogP contribution in [0.4, 0.5) is 0 Å². The van der Waals surface area contributed by atoms with E-state index in [-0.39, 0.29) is 5.91 Å². The van der Waals surface area contributed by atoms with Crippen LogP contribution in [0.3, 0.4) is 0 Å². The van der Waals surface area contributed by atoms with Crippen molar-refractivity contribution in [1.82, 2.24) is 10.6 Å². The molecule has 1 aromatic rings. The van der Waals surface area contributed by atoms with Gasteiger partial charge < -0.3 is 10.6 Å². The zero-order valence-corrected chi connectivity index (χ0v) is 11.4. The average molecular weight is 252 g/mol. The molecule has 1 aromatic carbocycles. The second kappa shape index (κ2) is 7.35. The van der Waals surface area contributed by atoms with E-state index in [4.69, 9.17) is 0 Å². The van der Waals surface area contributed by atoms with Gasteiger partial charge in [-0.1, -0.05) is 29.8 Å². The van der Waals surface area contributed by atoms with Crippen LogP contribution in [0.5, 0.6) is 0 Å². The summed E-state index contributed by atoms with van der Waals surface area (Å²) in [5.74, 6) is 1.49. The predicted molar refractivity (Wildman–Crippen MR) is 74.4 cm³/mol. The number of benzene rings is 1. The molecule has 0 aliphatic heterocycles. The third-order valence-electron chi connectivity index (χ3n) is 2.59. The monoisotopic (exact) mass is 252 g/mol. The Kier molecular flexibility index (Phi) is 6.08. The molecule has 3 nitrogen and oxygen atoms in total. The topological polar surface area (TPSA) is 41.1 Å². The van der Waals surface area contributed by atoms with Crippen molar-refractivity contribution >= 4 is 17.7 Å². The molecule has 1 rings (SSSR count). The lowest BCUT2D eigenvalue weighted by atomic mass is 10.1. The number of carbonyl (C=O) groups is 1. The molecule has 4 heteroatoms. The highest BCUT2D eigenvalue weighted by molar-refractivity contribution is 7.99. The molecule has 0 bridgehead atoms. The van der Waals surface area contributed by atoms with Gasteiger partial charge in [-0.25, -0.2) is 0 Å². The molecule has 0 saturated heterocycles. The van der Waals surface area contributed by atoms with Crippen molar-refractivity contribution in [1.29, 1.82) is 0 Å². The summed E-state index contributed by atoms with van der Waals surface area (Å²) in [5, 5.41) is 5.91. The van der Waals surface area contributed by atoms with Crippen molar-refractivity contribution < 1.29 is 4.79 Å². The third kappa shape index (κ3) is 4.79. The maximum absolute atomic E-state index is 11.1. The van der Waals surface area contributed by atoms with E-state index in [0.717, 1.165) is 5.75 Å². The van der Waals surface area contributed by atoms with Crippen LogP contribution in [0.2, 0.25) is 0 Å². The van der Waals surface area contributed by atoms with Crippen LogP contribution in [0.25, 0.3) is 0 Å². The van der Waals surface area contributed by atoms with E-state index < -0.39 is 0 Å². The molecule has 1 amide bonds. The zero-order chi connectivity index (χ0) is 12.7. The number of thioether (sulfide) groups is 1. The normalized spacial score (nSPS) is 12.2. The highest BCUT2D eigenvalue weighted by Gasteiger charge is 2.10. The van der Waals surface area contributed by atoms with Crippen LogP contribution in [0.15, 0.2) is 24.3 Å². The van der Waals surface area contributed by atoms with Gasteiger partial charge in [0.05, 0.1) is 5.75 Å². The molecule has 1 atom stereocenters. The fourth-order valence-electron chi connectivity index (χ4n) is 1.57. The first-order chi connectivity index (χ1) is 8.17. The number of hydrogen-bond donors (Lipinski definition) is 2. The van der Waals surface area contributed by atoms with Gasteiger partial charge in [-0.15, -0.1) is 0 Å². The number of rotatable bonds is 6. The van der Waals surface area contributed by atoms with Crippen LogP contribution in [0, 0.1) is 6.92 Å². The van der Waals surface area contributed by atoms with Gasteiger partial charge in [-0.2, -0.15) is 11.8 Å². The molecule has 0 spiro atoms. The molecule has 0 radical (unpaired) electrons. The lowest BCUT2D eigenvalue weighted by molar-refractivity contribution is -0.118. The summed E-state index contributed by atoms with van der Waals surface area (Å²) in [6, 6.07) is 8.76. The molecule has 0 saturated carbocycles. The summed E-state index contributed by atoms with van der Waals surface area (Å²) in [4.78, 5) is 11.1. The average Bonchev–Trinajstić information content (AvgIpc) is 2.34. The van der Waals surface area contributed by atoms with Crippen molar-refractivity contribution in [3.8, 4) is 0 Å². The standard InChI is InChI=1S/C13H20N2OS/c1-10-5-4-6-11(7-10)12(14-2)8-17-9-13(16)15-3/h4-7,12,14H,8-9H2,1-3H3,(H,15,16). The van der Waals surface area contributed by atoms with E-state index in [0.29, 0.717) is 11.8 Å². The van der Waals surface area contributed by atoms with E-state index in [1.54, 1.807) is 18.8 Å². The minimum atomic E-state index is 0.0779. The Morgan fingerprint density at radius 1 is 1.41 bits per heavy atom. The molecule has 0 aliphatic carbocycles. The Bertz CT molecular complexity index is 368. The fourth-order valence-corrected chi connectivity index (χ4v) is 2.62. The number of hydrogen-bond acceptors (Lipinski definition) is 3. The predicted octanol–water partition coefficient (Wildman–Crippen LogP) is 1.73. The number of nitrogens with one attached hydrogen (secondary N) is 2. The quantitative estimate of drug-likeness (QED) is 0.810. The van der Waals surface area contributed by atoms with E-state index in [2.05, 4.69) is 41.8 Å². The first kappa shape index (κ1) is 14.1. The van der Waals surface area contributed by atoms with Gasteiger partial charge in [-0.3, -0.25) is 4.79 Å². The van der Waals surface area contributed by atoms with Crippen LogP contribution in [-0.4, -0.2) is 31.5 Å². The zero-order valence-electron chi connectivity index (χ0n) is 10.6. The summed E-state index contributed by atoms with van der Waals surface area (Å²) in [6.07, 6.45) is 0. The van der Waals surface area contributed by atoms with E-state index >= 15 is 0 Å². The highest BCUT2D eigenvalue weighted by Crippen LogP contribution is 2.18. The molecule has 94 valence electrons. The number of carbonyl (C=O) groups excluding carboxylic acids is 1. The largest absolute Gasteiger partial charge is 0.358 e. The number of amides is 1. The SMILES string of the molecule is CNC(=O)CSCC(NC)c1cccc(C)c1. The Morgan fingerprint density at radius 3 is 2.76 bits per heavy atom. The first-order valence-electron chi connectivity index (χ1n) is 5.69. The van der Waals surface area contributed by atoms with Crippen LogP contribution < -0.4 is 10.6 Å². The lowest BCUT2D eigenvalue weighted by Gasteiger charge is -2.16. The molecule has 0 aromatic heterocycles. The smallest absolute Gasteiger partial charge is 0.229 e. The Morgan fingerprint density at radius 2 is 2.18 bits per heavy atom. The summed E-state index contributed by atoms with van der Waals surface area (Å²) >= 11 is 1.64. The number of aryl methyl sites for hydroxylation is 1. The van der Waals surface area contributed by atoms with E-state index in [9.17, 15) is 4.79 Å². The summed E-state index contributed by atoms with van der Waals surface area (Å²) in [6.45, 7) is 2.09. The molecule has 0 fully saturated rings. The maximum Gasteiger partial charge on any atom is 0.229 e. The Labute approximate surface area is 107 Å². The van der Waals surface area contributed by atoms with Gasteiger partial charge in [0.25, 0.3) is 0 Å². The van der Waals surface area contributed by atoms with Crippen LogP contribution >= 0.6 is 11.8 Å². The molecule has 17 heavy (non-hydrogen) atoms. The second-order valence-corrected chi connectivity index (χ2v) is 4.97. The molecule has 0 heterocycles. The second-order valence-electron chi connectivity index (χ2n) is 3.94. The van der Waals surface area contributed by atoms with Crippen molar-refractivity contribution in [2.24, 2.45) is 0 Å². The Hall–Kier alpha value is -1.00. The summed E-state index contributed by atoms with van der Waals surface area (Å²) in [7, 11) is 3.62. The van der Waals surface area contributed by atoms with Gasteiger partial charge in [-0.05, 0) is 19.5 Å². The van der Waals surface area contributed by atoms with E-state index in [1.807, 2.05) is 7.05 Å². The summed E-state index contributed by atoms with van der Waals surface area (Å²) < 4.78 is 0. The minimum absolute atomic E-state index is 0.0779.